The number of ether oxygens (including phenoxy) is 1. The second-order valence-electron chi connectivity index (χ2n) is 4.29. The molecule has 0 saturated carbocycles. The van der Waals surface area contributed by atoms with Gasteiger partial charge in [-0.15, -0.1) is 0 Å². The summed E-state index contributed by atoms with van der Waals surface area (Å²) in [6.45, 7) is 0. The van der Waals surface area contributed by atoms with E-state index >= 15 is 0 Å². The number of rotatable bonds is 3. The van der Waals surface area contributed by atoms with Gasteiger partial charge in [0.2, 0.25) is 7.28 Å². The first kappa shape index (κ1) is 16.2. The van der Waals surface area contributed by atoms with E-state index < -0.39 is 64.7 Å². The van der Waals surface area contributed by atoms with E-state index in [0.29, 0.717) is 0 Å². The Morgan fingerprint density at radius 3 is 1.55 bits per heavy atom. The van der Waals surface area contributed by atoms with E-state index in [1.807, 2.05) is 0 Å². The molecule has 0 bridgehead atoms. The van der Waals surface area contributed by atoms with Crippen LogP contribution in [0.15, 0.2) is 12.1 Å². The normalized spacial score (nSPS) is 10.7. The molecule has 2 aromatic carbocycles. The van der Waals surface area contributed by atoms with Gasteiger partial charge in [0.25, 0.3) is 0 Å². The molecule has 0 heterocycles. The molecule has 2 rings (SSSR count). The average molecular weight is 322 g/mol. The monoisotopic (exact) mass is 322 g/mol. The van der Waals surface area contributed by atoms with Crippen molar-refractivity contribution in [3.05, 3.63) is 52.9 Å². The van der Waals surface area contributed by atoms with Crippen molar-refractivity contribution in [3.8, 4) is 5.75 Å². The maximum absolute atomic E-state index is 13.7. The Kier molecular flexibility index (Phi) is 4.34. The molecule has 0 amide bonds. The van der Waals surface area contributed by atoms with Gasteiger partial charge in [-0.1, -0.05) is 0 Å². The Bertz CT molecular complexity index is 722. The van der Waals surface area contributed by atoms with Crippen molar-refractivity contribution in [3.63, 3.8) is 0 Å². The summed E-state index contributed by atoms with van der Waals surface area (Å²) in [5, 5.41) is 0. The van der Waals surface area contributed by atoms with Crippen molar-refractivity contribution in [2.75, 3.05) is 7.11 Å². The highest BCUT2D eigenvalue weighted by molar-refractivity contribution is 6.68. The quantitative estimate of drug-likeness (QED) is 0.478. The Labute approximate surface area is 120 Å². The smallest absolute Gasteiger partial charge is 0.209 e. The first-order valence-electron chi connectivity index (χ1n) is 5.80. The van der Waals surface area contributed by atoms with Crippen LogP contribution >= 0.6 is 0 Å². The molecule has 0 aliphatic carbocycles. The van der Waals surface area contributed by atoms with E-state index in [-0.39, 0.29) is 12.1 Å². The van der Waals surface area contributed by atoms with Gasteiger partial charge in [-0.05, 0) is 5.46 Å². The van der Waals surface area contributed by atoms with Crippen molar-refractivity contribution >= 4 is 18.2 Å². The molecule has 0 radical (unpaired) electrons. The molecule has 0 unspecified atom stereocenters. The summed E-state index contributed by atoms with van der Waals surface area (Å²) in [5.74, 6) is -12.4. The number of halogens is 7. The summed E-state index contributed by atoms with van der Waals surface area (Å²) >= 11 is 0. The number of hydrogen-bond acceptors (Lipinski definition) is 1. The zero-order valence-corrected chi connectivity index (χ0v) is 10.9. The first-order chi connectivity index (χ1) is 10.3. The summed E-state index contributed by atoms with van der Waals surface area (Å²) in [6, 6.07) is 0.143. The van der Waals surface area contributed by atoms with E-state index in [9.17, 15) is 30.7 Å². The molecule has 0 spiro atoms. The molecule has 0 saturated heterocycles. The molecule has 22 heavy (non-hydrogen) atoms. The molecular formula is C13H6BF7O. The van der Waals surface area contributed by atoms with E-state index in [1.165, 1.54) is 0 Å². The maximum atomic E-state index is 13.7. The average Bonchev–Trinajstić information content (AvgIpc) is 2.46. The second kappa shape index (κ2) is 5.90. The molecule has 2 aromatic rings. The van der Waals surface area contributed by atoms with Crippen molar-refractivity contribution < 1.29 is 35.5 Å². The molecule has 116 valence electrons. The van der Waals surface area contributed by atoms with Gasteiger partial charge in [-0.3, -0.25) is 0 Å². The summed E-state index contributed by atoms with van der Waals surface area (Å²) in [7, 11) is -0.228. The van der Waals surface area contributed by atoms with Gasteiger partial charge in [0.05, 0.1) is 7.11 Å². The number of hydrogen-bond donors (Lipinski definition) is 0. The number of benzene rings is 2. The number of methoxy groups -OCH3 is 1. The Morgan fingerprint density at radius 2 is 1.09 bits per heavy atom. The van der Waals surface area contributed by atoms with E-state index in [1.54, 1.807) is 0 Å². The molecule has 0 fully saturated rings. The minimum absolute atomic E-state index is 0.0338. The maximum Gasteiger partial charge on any atom is 0.209 e. The predicted octanol–water partition coefficient (Wildman–Crippen LogP) is 2.06. The highest BCUT2D eigenvalue weighted by Crippen LogP contribution is 2.18. The molecule has 0 atom stereocenters. The van der Waals surface area contributed by atoms with Gasteiger partial charge < -0.3 is 4.74 Å². The van der Waals surface area contributed by atoms with Crippen molar-refractivity contribution in [2.24, 2.45) is 0 Å². The summed E-state index contributed by atoms with van der Waals surface area (Å²) in [5.41, 5.74) is -2.11. The molecular weight excluding hydrogens is 316 g/mol. The third-order valence-electron chi connectivity index (χ3n) is 2.98. The van der Waals surface area contributed by atoms with Crippen LogP contribution in [0.25, 0.3) is 0 Å². The lowest BCUT2D eigenvalue weighted by molar-refractivity contribution is 0.381. The minimum Gasteiger partial charge on any atom is -0.494 e. The van der Waals surface area contributed by atoms with Crippen LogP contribution in [0.1, 0.15) is 0 Å². The lowest BCUT2D eigenvalue weighted by Gasteiger charge is -2.12. The van der Waals surface area contributed by atoms with Crippen molar-refractivity contribution in [2.45, 2.75) is 0 Å². The van der Waals surface area contributed by atoms with Gasteiger partial charge in [0.1, 0.15) is 0 Å². The summed E-state index contributed by atoms with van der Waals surface area (Å²) in [4.78, 5) is 0. The van der Waals surface area contributed by atoms with E-state index in [4.69, 9.17) is 0 Å². The fourth-order valence-electron chi connectivity index (χ4n) is 1.96. The predicted molar refractivity (Wildman–Crippen MR) is 65.6 cm³/mol. The SMILES string of the molecule is COc1c(F)cc(F)c(F)c1Bc1c(F)c(F)cc(F)c1F. The van der Waals surface area contributed by atoms with Crippen LogP contribution in [-0.2, 0) is 0 Å². The fraction of sp³-hybridized carbons (Fsp3) is 0.0769. The van der Waals surface area contributed by atoms with Crippen LogP contribution in [0.5, 0.6) is 5.75 Å². The molecule has 1 nitrogen and oxygen atoms in total. The molecule has 0 aliphatic heterocycles. The van der Waals surface area contributed by atoms with Crippen LogP contribution in [0.3, 0.4) is 0 Å². The molecule has 0 aromatic heterocycles. The van der Waals surface area contributed by atoms with Gasteiger partial charge in [0.15, 0.2) is 46.5 Å². The summed E-state index contributed by atoms with van der Waals surface area (Å²) in [6.07, 6.45) is 0. The minimum atomic E-state index is -1.79. The topological polar surface area (TPSA) is 9.23 Å². The zero-order chi connectivity index (χ0) is 16.6. The van der Waals surface area contributed by atoms with Gasteiger partial charge >= 0.3 is 0 Å². The highest BCUT2D eigenvalue weighted by Gasteiger charge is 2.26. The van der Waals surface area contributed by atoms with Crippen LogP contribution in [0, 0.1) is 40.7 Å². The largest absolute Gasteiger partial charge is 0.494 e. The Balaban J connectivity index is 2.67. The van der Waals surface area contributed by atoms with Gasteiger partial charge in [-0.2, -0.15) is 0 Å². The van der Waals surface area contributed by atoms with Gasteiger partial charge in [-0.25, -0.2) is 30.7 Å². The van der Waals surface area contributed by atoms with E-state index in [0.717, 1.165) is 7.11 Å². The highest BCUT2D eigenvalue weighted by atomic mass is 19.2. The van der Waals surface area contributed by atoms with Crippen LogP contribution in [0.2, 0.25) is 0 Å². The second-order valence-corrected chi connectivity index (χ2v) is 4.29. The standard InChI is InChI=1S/C13H6BF7O/c1-22-13-7(18)3-6(17)12(21)9(13)14-8-10(19)4(15)2-5(16)11(8)20/h2-3,14H,1H3. The Morgan fingerprint density at radius 1 is 0.682 bits per heavy atom. The molecule has 0 N–H and O–H groups in total. The molecule has 9 heteroatoms. The molecule has 0 aliphatic rings. The Hall–Kier alpha value is -2.19. The van der Waals surface area contributed by atoms with Crippen molar-refractivity contribution in [1.29, 1.82) is 0 Å². The van der Waals surface area contributed by atoms with Crippen LogP contribution in [-0.4, -0.2) is 14.4 Å². The van der Waals surface area contributed by atoms with E-state index in [2.05, 4.69) is 4.74 Å². The van der Waals surface area contributed by atoms with Crippen LogP contribution < -0.4 is 15.7 Å². The third-order valence-corrected chi connectivity index (χ3v) is 2.98. The van der Waals surface area contributed by atoms with Crippen molar-refractivity contribution in [1.82, 2.24) is 0 Å². The third kappa shape index (κ3) is 2.62. The summed E-state index contributed by atoms with van der Waals surface area (Å²) < 4.78 is 98.3. The lowest BCUT2D eigenvalue weighted by Crippen LogP contribution is -2.37. The first-order valence-corrected chi connectivity index (χ1v) is 5.80. The van der Waals surface area contributed by atoms with Crippen LogP contribution in [0.4, 0.5) is 30.7 Å². The lowest BCUT2D eigenvalue weighted by atomic mass is 9.62. The zero-order valence-electron chi connectivity index (χ0n) is 10.9. The fourth-order valence-corrected chi connectivity index (χ4v) is 1.96. The van der Waals surface area contributed by atoms with Gasteiger partial charge in [0, 0.05) is 17.6 Å².